The number of carbonyl (C=O) groups excluding carboxylic acids is 1. The van der Waals surface area contributed by atoms with Crippen LogP contribution in [0.3, 0.4) is 0 Å². The molecule has 3 rings (SSSR count). The number of para-hydroxylation sites is 1. The Morgan fingerprint density at radius 3 is 2.61 bits per heavy atom. The molecule has 7 heteroatoms. The fourth-order valence-electron chi connectivity index (χ4n) is 2.57. The standard InChI is InChI=1S/C16H21N3O2.2ClH/c1-19(2)10-13-12-5-3-4-6-14(12)21-15(13)16(20)18-9-11-7-17-8-11;;/h3-6,11,17H,7-10H2,1-2H3,(H,18,20);2*1H. The minimum atomic E-state index is -0.116. The fourth-order valence-corrected chi connectivity index (χ4v) is 2.57. The van der Waals surface area contributed by atoms with Crippen molar-refractivity contribution in [1.82, 2.24) is 15.5 Å². The second-order valence-corrected chi connectivity index (χ2v) is 5.88. The molecule has 0 unspecified atom stereocenters. The highest BCUT2D eigenvalue weighted by atomic mass is 35.5. The van der Waals surface area contributed by atoms with E-state index in [9.17, 15) is 4.79 Å². The van der Waals surface area contributed by atoms with Gasteiger partial charge in [0.05, 0.1) is 0 Å². The van der Waals surface area contributed by atoms with Crippen molar-refractivity contribution >= 4 is 41.7 Å². The van der Waals surface area contributed by atoms with Crippen LogP contribution in [0.5, 0.6) is 0 Å². The van der Waals surface area contributed by atoms with Gasteiger partial charge < -0.3 is 20.0 Å². The molecule has 2 N–H and O–H groups in total. The van der Waals surface area contributed by atoms with Gasteiger partial charge >= 0.3 is 0 Å². The van der Waals surface area contributed by atoms with Crippen molar-refractivity contribution in [3.05, 3.63) is 35.6 Å². The van der Waals surface area contributed by atoms with E-state index in [0.29, 0.717) is 24.8 Å². The first-order chi connectivity index (χ1) is 10.1. The van der Waals surface area contributed by atoms with Gasteiger partial charge in [-0.2, -0.15) is 0 Å². The van der Waals surface area contributed by atoms with Crippen molar-refractivity contribution in [1.29, 1.82) is 0 Å². The summed E-state index contributed by atoms with van der Waals surface area (Å²) in [6.07, 6.45) is 0. The predicted molar refractivity (Wildman–Crippen MR) is 96.8 cm³/mol. The Morgan fingerprint density at radius 2 is 2.00 bits per heavy atom. The third-order valence-electron chi connectivity index (χ3n) is 3.80. The average Bonchev–Trinajstić information content (AvgIpc) is 2.75. The van der Waals surface area contributed by atoms with Gasteiger partial charge in [0.2, 0.25) is 0 Å². The molecule has 0 atom stereocenters. The van der Waals surface area contributed by atoms with Crippen LogP contribution in [0.4, 0.5) is 0 Å². The van der Waals surface area contributed by atoms with Crippen LogP contribution >= 0.6 is 24.8 Å². The molecular formula is C16H23Cl2N3O2. The number of nitrogens with one attached hydrogen (secondary N) is 2. The Kier molecular flexibility index (Phi) is 7.35. The Labute approximate surface area is 148 Å². The number of benzene rings is 1. The zero-order valence-corrected chi connectivity index (χ0v) is 14.9. The Morgan fingerprint density at radius 1 is 1.30 bits per heavy atom. The van der Waals surface area contributed by atoms with Crippen LogP contribution in [0.1, 0.15) is 16.1 Å². The predicted octanol–water partition coefficient (Wildman–Crippen LogP) is 2.29. The van der Waals surface area contributed by atoms with E-state index < -0.39 is 0 Å². The monoisotopic (exact) mass is 359 g/mol. The van der Waals surface area contributed by atoms with E-state index in [0.717, 1.165) is 29.6 Å². The van der Waals surface area contributed by atoms with E-state index in [1.807, 2.05) is 43.3 Å². The highest BCUT2D eigenvalue weighted by Gasteiger charge is 2.23. The highest BCUT2D eigenvalue weighted by Crippen LogP contribution is 2.26. The first-order valence-electron chi connectivity index (χ1n) is 7.29. The maximum Gasteiger partial charge on any atom is 0.287 e. The topological polar surface area (TPSA) is 57.5 Å². The minimum absolute atomic E-state index is 0. The number of hydrogen-bond donors (Lipinski definition) is 2. The van der Waals surface area contributed by atoms with Gasteiger partial charge in [-0.25, -0.2) is 0 Å². The molecule has 0 saturated carbocycles. The zero-order chi connectivity index (χ0) is 14.8. The lowest BCUT2D eigenvalue weighted by atomic mass is 10.0. The van der Waals surface area contributed by atoms with Crippen molar-refractivity contribution in [3.63, 3.8) is 0 Å². The summed E-state index contributed by atoms with van der Waals surface area (Å²) in [4.78, 5) is 14.5. The second-order valence-electron chi connectivity index (χ2n) is 5.88. The van der Waals surface area contributed by atoms with E-state index in [4.69, 9.17) is 4.42 Å². The van der Waals surface area contributed by atoms with Crippen LogP contribution in [0.2, 0.25) is 0 Å². The van der Waals surface area contributed by atoms with Crippen molar-refractivity contribution < 1.29 is 9.21 Å². The number of hydrogen-bond acceptors (Lipinski definition) is 4. The normalized spacial score (nSPS) is 14.0. The van der Waals surface area contributed by atoms with Crippen LogP contribution in [-0.4, -0.2) is 44.5 Å². The summed E-state index contributed by atoms with van der Waals surface area (Å²) >= 11 is 0. The number of halogens is 2. The molecule has 2 heterocycles. The molecule has 0 radical (unpaired) electrons. The Bertz CT molecular complexity index is 654. The minimum Gasteiger partial charge on any atom is -0.451 e. The lowest BCUT2D eigenvalue weighted by Crippen LogP contribution is -2.48. The molecule has 0 aliphatic carbocycles. The van der Waals surface area contributed by atoms with Gasteiger partial charge in [0.25, 0.3) is 5.91 Å². The number of rotatable bonds is 5. The van der Waals surface area contributed by atoms with Crippen molar-refractivity contribution in [2.45, 2.75) is 6.54 Å². The van der Waals surface area contributed by atoms with Crippen molar-refractivity contribution in [3.8, 4) is 0 Å². The Balaban J connectivity index is 0.00000132. The molecule has 2 aromatic rings. The van der Waals surface area contributed by atoms with Gasteiger partial charge in [-0.1, -0.05) is 18.2 Å². The van der Waals surface area contributed by atoms with Gasteiger partial charge in [-0.05, 0) is 20.2 Å². The molecular weight excluding hydrogens is 337 g/mol. The number of furan rings is 1. The van der Waals surface area contributed by atoms with Crippen molar-refractivity contribution in [2.75, 3.05) is 33.7 Å². The SMILES string of the molecule is CN(C)Cc1c(C(=O)NCC2CNC2)oc2ccccc12.Cl.Cl. The van der Waals surface area contributed by atoms with E-state index in [2.05, 4.69) is 10.6 Å². The molecule has 23 heavy (non-hydrogen) atoms. The smallest absolute Gasteiger partial charge is 0.287 e. The summed E-state index contributed by atoms with van der Waals surface area (Å²) < 4.78 is 5.79. The molecule has 1 fully saturated rings. The molecule has 128 valence electrons. The second kappa shape index (κ2) is 8.55. The van der Waals surface area contributed by atoms with Crippen LogP contribution in [0.25, 0.3) is 11.0 Å². The lowest BCUT2D eigenvalue weighted by molar-refractivity contribution is 0.0914. The molecule has 0 bridgehead atoms. The summed E-state index contributed by atoms with van der Waals surface area (Å²) in [7, 11) is 3.98. The third kappa shape index (κ3) is 4.38. The largest absolute Gasteiger partial charge is 0.451 e. The van der Waals surface area contributed by atoms with Gasteiger partial charge in [-0.3, -0.25) is 4.79 Å². The van der Waals surface area contributed by atoms with Crippen LogP contribution in [0, 0.1) is 5.92 Å². The van der Waals surface area contributed by atoms with Crippen molar-refractivity contribution in [2.24, 2.45) is 5.92 Å². The molecule has 1 aromatic carbocycles. The van der Waals surface area contributed by atoms with E-state index in [1.165, 1.54) is 0 Å². The molecule has 1 aliphatic rings. The molecule has 1 amide bonds. The van der Waals surface area contributed by atoms with Crippen LogP contribution in [-0.2, 0) is 6.54 Å². The third-order valence-corrected chi connectivity index (χ3v) is 3.80. The van der Waals surface area contributed by atoms with Gasteiger partial charge in [0, 0.05) is 43.0 Å². The van der Waals surface area contributed by atoms with Crippen LogP contribution < -0.4 is 10.6 Å². The molecule has 0 spiro atoms. The van der Waals surface area contributed by atoms with E-state index >= 15 is 0 Å². The summed E-state index contributed by atoms with van der Waals surface area (Å²) in [6.45, 7) is 3.34. The molecule has 1 aromatic heterocycles. The van der Waals surface area contributed by atoms with E-state index in [-0.39, 0.29) is 30.7 Å². The fraction of sp³-hybridized carbons (Fsp3) is 0.438. The van der Waals surface area contributed by atoms with Crippen LogP contribution in [0.15, 0.2) is 28.7 Å². The molecule has 1 saturated heterocycles. The summed E-state index contributed by atoms with van der Waals surface area (Å²) in [6, 6.07) is 7.80. The number of fused-ring (bicyclic) bond motifs is 1. The van der Waals surface area contributed by atoms with Gasteiger partial charge in [0.15, 0.2) is 5.76 Å². The molecule has 1 aliphatic heterocycles. The number of nitrogens with zero attached hydrogens (tertiary/aromatic N) is 1. The maximum atomic E-state index is 12.4. The Hall–Kier alpha value is -1.27. The zero-order valence-electron chi connectivity index (χ0n) is 13.3. The molecule has 5 nitrogen and oxygen atoms in total. The first kappa shape index (κ1) is 19.8. The average molecular weight is 360 g/mol. The quantitative estimate of drug-likeness (QED) is 0.859. The highest BCUT2D eigenvalue weighted by molar-refractivity contribution is 5.99. The van der Waals surface area contributed by atoms with E-state index in [1.54, 1.807) is 0 Å². The number of amides is 1. The van der Waals surface area contributed by atoms with Gasteiger partial charge in [-0.15, -0.1) is 24.8 Å². The maximum absolute atomic E-state index is 12.4. The lowest BCUT2D eigenvalue weighted by Gasteiger charge is -2.26. The van der Waals surface area contributed by atoms with Gasteiger partial charge in [0.1, 0.15) is 5.58 Å². The summed E-state index contributed by atoms with van der Waals surface area (Å²) in [5.74, 6) is 0.864. The summed E-state index contributed by atoms with van der Waals surface area (Å²) in [5.41, 5.74) is 1.73. The number of carbonyl (C=O) groups is 1. The first-order valence-corrected chi connectivity index (χ1v) is 7.29. The summed E-state index contributed by atoms with van der Waals surface area (Å²) in [5, 5.41) is 7.20.